The van der Waals surface area contributed by atoms with Crippen LogP contribution < -0.4 is 0 Å². The van der Waals surface area contributed by atoms with E-state index in [0.717, 1.165) is 5.75 Å². The van der Waals surface area contributed by atoms with Gasteiger partial charge in [-0.2, -0.15) is 11.8 Å². The monoisotopic (exact) mass is 215 g/mol. The summed E-state index contributed by atoms with van der Waals surface area (Å²) in [4.78, 5) is 13.2. The molecule has 2 atom stereocenters. The fourth-order valence-electron chi connectivity index (χ4n) is 2.19. The number of carboxylic acid groups (broad SMARTS) is 1. The van der Waals surface area contributed by atoms with E-state index >= 15 is 0 Å². The standard InChI is InChI=1S/C10H17NO2S/c1-7(10(12)13)11(8-2-3-8)9-4-5-14-6-9/h7-9H,2-6H2,1H3,(H,12,13). The van der Waals surface area contributed by atoms with E-state index in [4.69, 9.17) is 5.11 Å². The van der Waals surface area contributed by atoms with Crippen LogP contribution in [0.15, 0.2) is 0 Å². The summed E-state index contributed by atoms with van der Waals surface area (Å²) in [6, 6.07) is 0.773. The van der Waals surface area contributed by atoms with Gasteiger partial charge in [0, 0.05) is 17.8 Å². The van der Waals surface area contributed by atoms with Crippen molar-refractivity contribution in [2.24, 2.45) is 0 Å². The number of hydrogen-bond donors (Lipinski definition) is 1. The van der Waals surface area contributed by atoms with Crippen molar-refractivity contribution in [3.63, 3.8) is 0 Å². The third kappa shape index (κ3) is 2.06. The Morgan fingerprint density at radius 1 is 1.43 bits per heavy atom. The molecule has 1 N–H and O–H groups in total. The molecule has 0 aromatic heterocycles. The Bertz CT molecular complexity index is 224. The van der Waals surface area contributed by atoms with Gasteiger partial charge < -0.3 is 5.11 Å². The first-order valence-corrected chi connectivity index (χ1v) is 6.43. The summed E-state index contributed by atoms with van der Waals surface area (Å²) >= 11 is 1.95. The van der Waals surface area contributed by atoms with E-state index in [-0.39, 0.29) is 6.04 Å². The molecule has 2 unspecified atom stereocenters. The molecule has 1 heterocycles. The van der Waals surface area contributed by atoms with Gasteiger partial charge in [-0.05, 0) is 31.9 Å². The van der Waals surface area contributed by atoms with Crippen LogP contribution in [0.25, 0.3) is 0 Å². The van der Waals surface area contributed by atoms with Crippen molar-refractivity contribution in [3.05, 3.63) is 0 Å². The molecule has 0 aromatic rings. The van der Waals surface area contributed by atoms with Crippen LogP contribution in [0.1, 0.15) is 26.2 Å². The third-order valence-corrected chi connectivity index (χ3v) is 4.25. The third-order valence-electron chi connectivity index (χ3n) is 3.10. The number of rotatable bonds is 4. The molecule has 2 fully saturated rings. The summed E-state index contributed by atoms with van der Waals surface area (Å²) in [6.07, 6.45) is 3.55. The summed E-state index contributed by atoms with van der Waals surface area (Å²) in [5, 5.41) is 9.04. The van der Waals surface area contributed by atoms with E-state index in [9.17, 15) is 4.79 Å². The molecule has 80 valence electrons. The molecule has 14 heavy (non-hydrogen) atoms. The Morgan fingerprint density at radius 3 is 2.57 bits per heavy atom. The van der Waals surface area contributed by atoms with Crippen LogP contribution in [0.3, 0.4) is 0 Å². The highest BCUT2D eigenvalue weighted by atomic mass is 32.2. The van der Waals surface area contributed by atoms with Gasteiger partial charge in [0.05, 0.1) is 0 Å². The van der Waals surface area contributed by atoms with Crippen molar-refractivity contribution < 1.29 is 9.90 Å². The van der Waals surface area contributed by atoms with Gasteiger partial charge in [0.15, 0.2) is 0 Å². The second-order valence-electron chi connectivity index (χ2n) is 4.21. The van der Waals surface area contributed by atoms with Gasteiger partial charge in [-0.25, -0.2) is 0 Å². The molecule has 1 saturated heterocycles. The van der Waals surface area contributed by atoms with Crippen LogP contribution in [-0.4, -0.2) is 45.6 Å². The lowest BCUT2D eigenvalue weighted by atomic mass is 10.1. The second-order valence-corrected chi connectivity index (χ2v) is 5.36. The highest BCUT2D eigenvalue weighted by Gasteiger charge is 2.40. The lowest BCUT2D eigenvalue weighted by Gasteiger charge is -2.31. The van der Waals surface area contributed by atoms with E-state index in [2.05, 4.69) is 4.90 Å². The topological polar surface area (TPSA) is 40.5 Å². The van der Waals surface area contributed by atoms with Crippen LogP contribution in [0.2, 0.25) is 0 Å². The summed E-state index contributed by atoms with van der Waals surface area (Å²) in [7, 11) is 0. The van der Waals surface area contributed by atoms with Gasteiger partial charge in [0.1, 0.15) is 6.04 Å². The van der Waals surface area contributed by atoms with Crippen molar-refractivity contribution >= 4 is 17.7 Å². The second kappa shape index (κ2) is 4.11. The summed E-state index contributed by atoms with van der Waals surface area (Å²) in [5.74, 6) is 1.64. The maximum Gasteiger partial charge on any atom is 0.320 e. The molecule has 1 aliphatic carbocycles. The van der Waals surface area contributed by atoms with Gasteiger partial charge in [0.2, 0.25) is 0 Å². The molecular weight excluding hydrogens is 198 g/mol. The Kier molecular flexibility index (Phi) is 3.02. The number of nitrogens with zero attached hydrogens (tertiary/aromatic N) is 1. The number of aliphatic carboxylic acids is 1. The van der Waals surface area contributed by atoms with Crippen molar-refractivity contribution in [3.8, 4) is 0 Å². The highest BCUT2D eigenvalue weighted by Crippen LogP contribution is 2.35. The molecule has 1 aliphatic heterocycles. The molecule has 2 rings (SSSR count). The minimum atomic E-state index is -0.672. The molecule has 0 spiro atoms. The average Bonchev–Trinajstić information content (AvgIpc) is 2.81. The molecule has 0 bridgehead atoms. The highest BCUT2D eigenvalue weighted by molar-refractivity contribution is 7.99. The van der Waals surface area contributed by atoms with E-state index in [1.165, 1.54) is 25.0 Å². The maximum absolute atomic E-state index is 11.0. The first-order chi connectivity index (χ1) is 6.70. The smallest absolute Gasteiger partial charge is 0.320 e. The van der Waals surface area contributed by atoms with Crippen molar-refractivity contribution in [2.75, 3.05) is 11.5 Å². The van der Waals surface area contributed by atoms with Crippen LogP contribution in [-0.2, 0) is 4.79 Å². The molecule has 0 amide bonds. The first kappa shape index (κ1) is 10.3. The van der Waals surface area contributed by atoms with Crippen molar-refractivity contribution in [1.82, 2.24) is 4.90 Å². The largest absolute Gasteiger partial charge is 0.480 e. The predicted molar refractivity (Wildman–Crippen MR) is 57.7 cm³/mol. The average molecular weight is 215 g/mol. The Hall–Kier alpha value is -0.220. The molecule has 4 heteroatoms. The van der Waals surface area contributed by atoms with E-state index in [1.54, 1.807) is 0 Å². The molecule has 3 nitrogen and oxygen atoms in total. The number of carboxylic acids is 1. The van der Waals surface area contributed by atoms with Crippen LogP contribution in [0, 0.1) is 0 Å². The van der Waals surface area contributed by atoms with Crippen LogP contribution >= 0.6 is 11.8 Å². The SMILES string of the molecule is CC(C(=O)O)N(C1CC1)C1CCSC1. The minimum absolute atomic E-state index is 0.300. The molecule has 2 aliphatic rings. The van der Waals surface area contributed by atoms with Crippen molar-refractivity contribution in [1.29, 1.82) is 0 Å². The molecule has 1 saturated carbocycles. The lowest BCUT2D eigenvalue weighted by molar-refractivity contribution is -0.143. The Balaban J connectivity index is 2.02. The Morgan fingerprint density at radius 2 is 2.14 bits per heavy atom. The molecule has 0 aromatic carbocycles. The summed E-state index contributed by atoms with van der Waals surface area (Å²) in [6.45, 7) is 1.82. The summed E-state index contributed by atoms with van der Waals surface area (Å²) in [5.41, 5.74) is 0. The molecule has 0 radical (unpaired) electrons. The zero-order chi connectivity index (χ0) is 10.1. The van der Waals surface area contributed by atoms with E-state index in [0.29, 0.717) is 12.1 Å². The van der Waals surface area contributed by atoms with Gasteiger partial charge >= 0.3 is 5.97 Å². The van der Waals surface area contributed by atoms with Gasteiger partial charge in [-0.3, -0.25) is 9.69 Å². The van der Waals surface area contributed by atoms with Gasteiger partial charge in [-0.15, -0.1) is 0 Å². The van der Waals surface area contributed by atoms with E-state index in [1.807, 2.05) is 18.7 Å². The fourth-order valence-corrected chi connectivity index (χ4v) is 3.40. The number of thioether (sulfide) groups is 1. The molecular formula is C10H17NO2S. The maximum atomic E-state index is 11.0. The van der Waals surface area contributed by atoms with Crippen molar-refractivity contribution in [2.45, 2.75) is 44.3 Å². The summed E-state index contributed by atoms with van der Waals surface area (Å²) < 4.78 is 0. The zero-order valence-electron chi connectivity index (χ0n) is 8.48. The number of carbonyl (C=O) groups is 1. The normalized spacial score (nSPS) is 29.4. The minimum Gasteiger partial charge on any atom is -0.480 e. The van der Waals surface area contributed by atoms with Gasteiger partial charge in [0.25, 0.3) is 0 Å². The van der Waals surface area contributed by atoms with Crippen LogP contribution in [0.5, 0.6) is 0 Å². The first-order valence-electron chi connectivity index (χ1n) is 5.28. The quantitative estimate of drug-likeness (QED) is 0.770. The fraction of sp³-hybridized carbons (Fsp3) is 0.900. The number of hydrogen-bond acceptors (Lipinski definition) is 3. The Labute approximate surface area is 88.9 Å². The van der Waals surface area contributed by atoms with Crippen LogP contribution in [0.4, 0.5) is 0 Å². The lowest BCUT2D eigenvalue weighted by Crippen LogP contribution is -2.47. The zero-order valence-corrected chi connectivity index (χ0v) is 9.30. The van der Waals surface area contributed by atoms with Gasteiger partial charge in [-0.1, -0.05) is 0 Å². The predicted octanol–water partition coefficient (Wildman–Crippen LogP) is 1.43. The van der Waals surface area contributed by atoms with E-state index < -0.39 is 5.97 Å².